The Morgan fingerprint density at radius 2 is 2.25 bits per heavy atom. The zero-order valence-corrected chi connectivity index (χ0v) is 11.0. The van der Waals surface area contributed by atoms with Gasteiger partial charge in [-0.3, -0.25) is 9.59 Å². The zero-order chi connectivity index (χ0) is 12.1. The van der Waals surface area contributed by atoms with Crippen LogP contribution in [0.25, 0.3) is 0 Å². The fourth-order valence-electron chi connectivity index (χ4n) is 2.01. The van der Waals surface area contributed by atoms with Crippen molar-refractivity contribution in [2.75, 3.05) is 25.1 Å². The van der Waals surface area contributed by atoms with Gasteiger partial charge in [0.15, 0.2) is 0 Å². The highest BCUT2D eigenvalue weighted by molar-refractivity contribution is 7.98. The highest BCUT2D eigenvalue weighted by atomic mass is 32.2. The SMILES string of the molecule is CCC1C(=O)NCC(=O)N1CC(C)CSC. The number of hydrogen-bond donors (Lipinski definition) is 1. The van der Waals surface area contributed by atoms with Crippen LogP contribution in [0.4, 0.5) is 0 Å². The molecule has 0 aromatic rings. The lowest BCUT2D eigenvalue weighted by molar-refractivity contribution is -0.146. The first-order chi connectivity index (χ1) is 7.60. The van der Waals surface area contributed by atoms with Crippen molar-refractivity contribution in [2.24, 2.45) is 5.92 Å². The van der Waals surface area contributed by atoms with E-state index in [4.69, 9.17) is 0 Å². The molecule has 0 radical (unpaired) electrons. The number of rotatable bonds is 5. The summed E-state index contributed by atoms with van der Waals surface area (Å²) in [4.78, 5) is 25.1. The number of nitrogens with one attached hydrogen (secondary N) is 1. The molecule has 5 heteroatoms. The molecule has 0 aromatic heterocycles. The Morgan fingerprint density at radius 3 is 2.81 bits per heavy atom. The molecule has 1 heterocycles. The Bertz CT molecular complexity index is 271. The summed E-state index contributed by atoms with van der Waals surface area (Å²) in [6.07, 6.45) is 2.74. The van der Waals surface area contributed by atoms with E-state index < -0.39 is 0 Å². The third-order valence-electron chi connectivity index (χ3n) is 2.76. The van der Waals surface area contributed by atoms with E-state index in [-0.39, 0.29) is 24.4 Å². The lowest BCUT2D eigenvalue weighted by Crippen LogP contribution is -2.59. The van der Waals surface area contributed by atoms with Gasteiger partial charge in [0, 0.05) is 6.54 Å². The largest absolute Gasteiger partial charge is 0.345 e. The fraction of sp³-hybridized carbons (Fsp3) is 0.818. The number of hydrogen-bond acceptors (Lipinski definition) is 3. The van der Waals surface area contributed by atoms with Crippen LogP contribution in [0.2, 0.25) is 0 Å². The second-order valence-electron chi connectivity index (χ2n) is 4.25. The molecule has 1 fully saturated rings. The minimum Gasteiger partial charge on any atom is -0.345 e. The van der Waals surface area contributed by atoms with E-state index in [1.165, 1.54) is 0 Å². The Hall–Kier alpha value is -0.710. The predicted octanol–water partition coefficient (Wildman–Crippen LogP) is 0.722. The smallest absolute Gasteiger partial charge is 0.243 e. The zero-order valence-electron chi connectivity index (χ0n) is 10.2. The second kappa shape index (κ2) is 6.13. The molecule has 16 heavy (non-hydrogen) atoms. The second-order valence-corrected chi connectivity index (χ2v) is 5.16. The summed E-state index contributed by atoms with van der Waals surface area (Å²) in [5.74, 6) is 1.47. The minimum absolute atomic E-state index is 0.0153. The van der Waals surface area contributed by atoms with Gasteiger partial charge in [0.25, 0.3) is 0 Å². The Morgan fingerprint density at radius 1 is 1.56 bits per heavy atom. The molecular weight excluding hydrogens is 224 g/mol. The van der Waals surface area contributed by atoms with Crippen molar-refractivity contribution in [3.05, 3.63) is 0 Å². The van der Waals surface area contributed by atoms with E-state index in [0.717, 1.165) is 5.75 Å². The van der Waals surface area contributed by atoms with Gasteiger partial charge < -0.3 is 10.2 Å². The number of carbonyl (C=O) groups excluding carboxylic acids is 2. The highest BCUT2D eigenvalue weighted by Crippen LogP contribution is 2.14. The van der Waals surface area contributed by atoms with E-state index in [9.17, 15) is 9.59 Å². The van der Waals surface area contributed by atoms with Crippen molar-refractivity contribution < 1.29 is 9.59 Å². The third kappa shape index (κ3) is 3.14. The molecule has 1 rings (SSSR count). The molecule has 92 valence electrons. The fourth-order valence-corrected chi connectivity index (χ4v) is 2.68. The molecule has 2 unspecified atom stereocenters. The lowest BCUT2D eigenvalue weighted by Gasteiger charge is -2.36. The van der Waals surface area contributed by atoms with Crippen LogP contribution in [-0.4, -0.2) is 47.9 Å². The van der Waals surface area contributed by atoms with E-state index in [1.807, 2.05) is 6.92 Å². The van der Waals surface area contributed by atoms with Crippen LogP contribution < -0.4 is 5.32 Å². The maximum atomic E-state index is 11.8. The van der Waals surface area contributed by atoms with Crippen molar-refractivity contribution >= 4 is 23.6 Å². The van der Waals surface area contributed by atoms with Crippen molar-refractivity contribution in [1.82, 2.24) is 10.2 Å². The molecule has 1 aliphatic heterocycles. The monoisotopic (exact) mass is 244 g/mol. The molecule has 2 amide bonds. The molecule has 0 bridgehead atoms. The van der Waals surface area contributed by atoms with Crippen LogP contribution >= 0.6 is 11.8 Å². The van der Waals surface area contributed by atoms with Gasteiger partial charge in [-0.05, 0) is 24.3 Å². The molecule has 1 N–H and O–H groups in total. The summed E-state index contributed by atoms with van der Waals surface area (Å²) in [5.41, 5.74) is 0. The topological polar surface area (TPSA) is 49.4 Å². The van der Waals surface area contributed by atoms with E-state index in [2.05, 4.69) is 18.5 Å². The summed E-state index contributed by atoms with van der Waals surface area (Å²) in [6.45, 7) is 4.89. The minimum atomic E-state index is -0.273. The lowest BCUT2D eigenvalue weighted by atomic mass is 10.1. The number of amides is 2. The number of piperazine rings is 1. The van der Waals surface area contributed by atoms with E-state index in [1.54, 1.807) is 16.7 Å². The summed E-state index contributed by atoms with van der Waals surface area (Å²) >= 11 is 1.77. The maximum Gasteiger partial charge on any atom is 0.243 e. The van der Waals surface area contributed by atoms with Crippen molar-refractivity contribution in [3.8, 4) is 0 Å². The quantitative estimate of drug-likeness (QED) is 0.775. The summed E-state index contributed by atoms with van der Waals surface area (Å²) in [6, 6.07) is -0.273. The molecule has 0 aromatic carbocycles. The van der Waals surface area contributed by atoms with Gasteiger partial charge in [-0.2, -0.15) is 11.8 Å². The summed E-state index contributed by atoms with van der Waals surface area (Å²) < 4.78 is 0. The number of thioether (sulfide) groups is 1. The van der Waals surface area contributed by atoms with Gasteiger partial charge in [0.05, 0.1) is 6.54 Å². The average Bonchev–Trinajstić information content (AvgIpc) is 2.24. The first kappa shape index (κ1) is 13.4. The van der Waals surface area contributed by atoms with Gasteiger partial charge in [0.2, 0.25) is 11.8 Å². The van der Waals surface area contributed by atoms with E-state index >= 15 is 0 Å². The van der Waals surface area contributed by atoms with Gasteiger partial charge in [-0.25, -0.2) is 0 Å². The average molecular weight is 244 g/mol. The van der Waals surface area contributed by atoms with Crippen LogP contribution in [0.3, 0.4) is 0 Å². The first-order valence-corrected chi connectivity index (χ1v) is 7.05. The van der Waals surface area contributed by atoms with Crippen LogP contribution in [-0.2, 0) is 9.59 Å². The maximum absolute atomic E-state index is 11.8. The van der Waals surface area contributed by atoms with Gasteiger partial charge in [-0.1, -0.05) is 13.8 Å². The van der Waals surface area contributed by atoms with Gasteiger partial charge >= 0.3 is 0 Å². The molecule has 4 nitrogen and oxygen atoms in total. The van der Waals surface area contributed by atoms with E-state index in [0.29, 0.717) is 18.9 Å². The Kier molecular flexibility index (Phi) is 5.12. The Balaban J connectivity index is 2.64. The van der Waals surface area contributed by atoms with Crippen molar-refractivity contribution in [2.45, 2.75) is 26.3 Å². The number of nitrogens with zero attached hydrogens (tertiary/aromatic N) is 1. The molecular formula is C11H20N2O2S. The first-order valence-electron chi connectivity index (χ1n) is 5.66. The van der Waals surface area contributed by atoms with Crippen LogP contribution in [0.1, 0.15) is 20.3 Å². The number of carbonyl (C=O) groups is 2. The summed E-state index contributed by atoms with van der Waals surface area (Å²) in [7, 11) is 0. The van der Waals surface area contributed by atoms with Crippen molar-refractivity contribution in [1.29, 1.82) is 0 Å². The molecule has 0 saturated carbocycles. The molecule has 1 saturated heterocycles. The molecule has 0 aliphatic carbocycles. The predicted molar refractivity (Wildman–Crippen MR) is 66.3 cm³/mol. The van der Waals surface area contributed by atoms with Gasteiger partial charge in [-0.15, -0.1) is 0 Å². The highest BCUT2D eigenvalue weighted by Gasteiger charge is 2.33. The standard InChI is InChI=1S/C11H20N2O2S/c1-4-9-11(15)12-5-10(14)13(9)6-8(2)7-16-3/h8-9H,4-7H2,1-3H3,(H,12,15). The van der Waals surface area contributed by atoms with Gasteiger partial charge in [0.1, 0.15) is 6.04 Å². The van der Waals surface area contributed by atoms with Crippen LogP contribution in [0, 0.1) is 5.92 Å². The van der Waals surface area contributed by atoms with Crippen molar-refractivity contribution in [3.63, 3.8) is 0 Å². The molecule has 1 aliphatic rings. The normalized spacial score (nSPS) is 23.2. The van der Waals surface area contributed by atoms with Crippen LogP contribution in [0.15, 0.2) is 0 Å². The molecule has 2 atom stereocenters. The molecule has 0 spiro atoms. The van der Waals surface area contributed by atoms with Crippen LogP contribution in [0.5, 0.6) is 0 Å². The summed E-state index contributed by atoms with van der Waals surface area (Å²) in [5, 5.41) is 2.63. The Labute approximate surface area is 101 Å². The third-order valence-corrected chi connectivity index (χ3v) is 3.66.